The van der Waals surface area contributed by atoms with E-state index in [2.05, 4.69) is 15.1 Å². The van der Waals surface area contributed by atoms with Gasteiger partial charge in [-0.05, 0) is 17.5 Å². The second kappa shape index (κ2) is 10.3. The number of nitrogens with two attached hydrogens (primary N) is 2. The fourth-order valence-electron chi connectivity index (χ4n) is 3.78. The Morgan fingerprint density at radius 2 is 1.81 bits per heavy atom. The van der Waals surface area contributed by atoms with Crippen LogP contribution in [-0.2, 0) is 18.3 Å². The fourth-order valence-corrected chi connectivity index (χ4v) is 3.78. The number of nitrogen functional groups attached to an aromatic ring is 1. The number of alkyl halides is 3. The second-order valence-corrected chi connectivity index (χ2v) is 8.32. The van der Waals surface area contributed by atoms with Crippen molar-refractivity contribution in [3.63, 3.8) is 0 Å². The van der Waals surface area contributed by atoms with E-state index >= 15 is 0 Å². The Morgan fingerprint density at radius 1 is 1.11 bits per heavy atom. The van der Waals surface area contributed by atoms with Gasteiger partial charge in [-0.25, -0.2) is 4.98 Å². The molecule has 0 aliphatic rings. The van der Waals surface area contributed by atoms with Gasteiger partial charge in [-0.15, -0.1) is 0 Å². The summed E-state index contributed by atoms with van der Waals surface area (Å²) in [5, 5.41) is 13.0. The van der Waals surface area contributed by atoms with Gasteiger partial charge in [0.2, 0.25) is 17.9 Å². The smallest absolute Gasteiger partial charge is 0.429 e. The standard InChI is InChI=1S/C25H23F3N6O3/c1-34-13-16(12-31-34)17-4-2-3-5-18(17)22(25(26,27)28)37-21-11-20(32-24(30)33-21)15-8-6-14(7-9-15)10-19(29)23(35)36/h2-9,11-13,19,22H,10,29H2,1H3,(H,35,36)(H2,30,32,33)/t19?,22-/m0/s1. The Bertz CT molecular complexity index is 1410. The quantitative estimate of drug-likeness (QED) is 0.324. The third-order valence-corrected chi connectivity index (χ3v) is 5.54. The van der Waals surface area contributed by atoms with Crippen molar-refractivity contribution in [3.8, 4) is 28.3 Å². The van der Waals surface area contributed by atoms with E-state index in [1.54, 1.807) is 49.6 Å². The number of aromatic nitrogens is 4. The Labute approximate surface area is 209 Å². The number of benzene rings is 2. The number of hydrogen-bond donors (Lipinski definition) is 3. The number of ether oxygens (including phenoxy) is 1. The van der Waals surface area contributed by atoms with Crippen LogP contribution < -0.4 is 16.2 Å². The zero-order valence-corrected chi connectivity index (χ0v) is 19.6. The Balaban J connectivity index is 1.66. The van der Waals surface area contributed by atoms with Crippen LogP contribution in [0.25, 0.3) is 22.4 Å². The largest absolute Gasteiger partial charge is 0.480 e. The summed E-state index contributed by atoms with van der Waals surface area (Å²) in [5.74, 6) is -1.76. The molecule has 0 saturated carbocycles. The summed E-state index contributed by atoms with van der Waals surface area (Å²) in [6.45, 7) is 0. The van der Waals surface area contributed by atoms with Crippen LogP contribution in [0.1, 0.15) is 17.2 Å². The van der Waals surface area contributed by atoms with Crippen molar-refractivity contribution in [2.24, 2.45) is 12.8 Å². The summed E-state index contributed by atoms with van der Waals surface area (Å²) in [7, 11) is 1.67. The normalized spacial score (nSPS) is 13.2. The van der Waals surface area contributed by atoms with Crippen LogP contribution in [0, 0.1) is 0 Å². The van der Waals surface area contributed by atoms with Gasteiger partial charge < -0.3 is 21.3 Å². The highest BCUT2D eigenvalue weighted by molar-refractivity contribution is 5.73. The van der Waals surface area contributed by atoms with Crippen LogP contribution in [-0.4, -0.2) is 43.0 Å². The number of carboxylic acid groups (broad SMARTS) is 1. The van der Waals surface area contributed by atoms with Crippen molar-refractivity contribution in [3.05, 3.63) is 78.1 Å². The van der Waals surface area contributed by atoms with Gasteiger partial charge in [0.25, 0.3) is 0 Å². The summed E-state index contributed by atoms with van der Waals surface area (Å²) < 4.78 is 49.7. The highest BCUT2D eigenvalue weighted by atomic mass is 19.4. The number of aliphatic carboxylic acids is 1. The van der Waals surface area contributed by atoms with Gasteiger partial charge in [0.1, 0.15) is 6.04 Å². The van der Waals surface area contributed by atoms with Gasteiger partial charge in [-0.3, -0.25) is 9.48 Å². The first-order valence-electron chi connectivity index (χ1n) is 11.0. The van der Waals surface area contributed by atoms with E-state index in [9.17, 15) is 18.0 Å². The second-order valence-electron chi connectivity index (χ2n) is 8.32. The molecule has 0 spiro atoms. The first-order valence-corrected chi connectivity index (χ1v) is 11.0. The molecule has 9 nitrogen and oxygen atoms in total. The maximum absolute atomic E-state index is 14.2. The molecular weight excluding hydrogens is 489 g/mol. The minimum absolute atomic E-state index is 0.110. The van der Waals surface area contributed by atoms with Gasteiger partial charge in [-0.1, -0.05) is 48.5 Å². The van der Waals surface area contributed by atoms with E-state index in [0.29, 0.717) is 22.3 Å². The summed E-state index contributed by atoms with van der Waals surface area (Å²) in [6, 6.07) is 12.8. The number of anilines is 1. The van der Waals surface area contributed by atoms with E-state index in [4.69, 9.17) is 21.3 Å². The zero-order valence-electron chi connectivity index (χ0n) is 19.6. The first kappa shape index (κ1) is 25.6. The van der Waals surface area contributed by atoms with E-state index in [0.717, 1.165) is 0 Å². The van der Waals surface area contributed by atoms with Crippen molar-refractivity contribution in [2.45, 2.75) is 24.7 Å². The van der Waals surface area contributed by atoms with Gasteiger partial charge in [0.15, 0.2) is 0 Å². The number of halogens is 3. The molecule has 0 saturated heterocycles. The topological polar surface area (TPSA) is 142 Å². The molecule has 2 aromatic heterocycles. The van der Waals surface area contributed by atoms with Crippen LogP contribution >= 0.6 is 0 Å². The van der Waals surface area contributed by atoms with Crippen molar-refractivity contribution in [1.29, 1.82) is 0 Å². The number of rotatable bonds is 8. The van der Waals surface area contributed by atoms with Gasteiger partial charge in [0.05, 0.1) is 11.9 Å². The highest BCUT2D eigenvalue weighted by Crippen LogP contribution is 2.41. The van der Waals surface area contributed by atoms with Crippen LogP contribution in [0.3, 0.4) is 0 Å². The molecule has 2 heterocycles. The molecule has 0 aliphatic heterocycles. The van der Waals surface area contributed by atoms with Gasteiger partial charge in [0, 0.05) is 36.0 Å². The molecule has 0 aliphatic carbocycles. The predicted molar refractivity (Wildman–Crippen MR) is 129 cm³/mol. The lowest BCUT2D eigenvalue weighted by Gasteiger charge is -2.24. The van der Waals surface area contributed by atoms with Crippen molar-refractivity contribution in [2.75, 3.05) is 5.73 Å². The molecule has 0 amide bonds. The summed E-state index contributed by atoms with van der Waals surface area (Å²) in [5.41, 5.74) is 13.5. The van der Waals surface area contributed by atoms with Crippen LogP contribution in [0.15, 0.2) is 67.0 Å². The molecular formula is C25H23F3N6O3. The summed E-state index contributed by atoms with van der Waals surface area (Å²) in [4.78, 5) is 19.0. The number of nitrogens with zero attached hydrogens (tertiary/aromatic N) is 4. The van der Waals surface area contributed by atoms with Gasteiger partial charge >= 0.3 is 12.1 Å². The maximum atomic E-state index is 14.2. The lowest BCUT2D eigenvalue weighted by atomic mass is 9.98. The van der Waals surface area contributed by atoms with E-state index in [1.807, 2.05) is 0 Å². The molecule has 0 radical (unpaired) electrons. The number of carboxylic acids is 1. The molecule has 2 aromatic carbocycles. The predicted octanol–water partition coefficient (Wildman–Crippen LogP) is 3.76. The molecule has 4 aromatic rings. The van der Waals surface area contributed by atoms with Crippen molar-refractivity contribution < 1.29 is 27.8 Å². The number of carbonyl (C=O) groups is 1. The molecule has 4 rings (SSSR count). The molecule has 192 valence electrons. The minimum Gasteiger partial charge on any atom is -0.480 e. The average Bonchev–Trinajstić information content (AvgIpc) is 3.28. The number of hydrogen-bond acceptors (Lipinski definition) is 7. The molecule has 5 N–H and O–H groups in total. The minimum atomic E-state index is -4.78. The lowest BCUT2D eigenvalue weighted by Crippen LogP contribution is -2.32. The third kappa shape index (κ3) is 6.04. The van der Waals surface area contributed by atoms with Crippen LogP contribution in [0.4, 0.5) is 19.1 Å². The van der Waals surface area contributed by atoms with Gasteiger partial charge in [-0.2, -0.15) is 23.3 Å². The number of aryl methyl sites for hydroxylation is 1. The van der Waals surface area contributed by atoms with Crippen molar-refractivity contribution >= 4 is 11.9 Å². The highest BCUT2D eigenvalue weighted by Gasteiger charge is 2.44. The maximum Gasteiger partial charge on any atom is 0.429 e. The zero-order chi connectivity index (χ0) is 26.7. The average molecular weight is 512 g/mol. The third-order valence-electron chi connectivity index (χ3n) is 5.54. The fraction of sp³-hybridized carbons (Fsp3) is 0.200. The van der Waals surface area contributed by atoms with Crippen molar-refractivity contribution in [1.82, 2.24) is 19.7 Å². The van der Waals surface area contributed by atoms with E-state index in [1.165, 1.54) is 29.1 Å². The van der Waals surface area contributed by atoms with E-state index in [-0.39, 0.29) is 29.5 Å². The SMILES string of the molecule is Cn1cc(-c2ccccc2[C@H](Oc2cc(-c3ccc(CC(N)C(=O)O)cc3)nc(N)n2)C(F)(F)F)cn1. The Kier molecular flexibility index (Phi) is 7.11. The molecule has 12 heteroatoms. The summed E-state index contributed by atoms with van der Waals surface area (Å²) >= 11 is 0. The van der Waals surface area contributed by atoms with Crippen LogP contribution in [0.2, 0.25) is 0 Å². The molecule has 0 bridgehead atoms. The molecule has 2 atom stereocenters. The lowest BCUT2D eigenvalue weighted by molar-refractivity contribution is -0.198. The van der Waals surface area contributed by atoms with E-state index < -0.39 is 24.3 Å². The molecule has 0 fully saturated rings. The monoisotopic (exact) mass is 512 g/mol. The first-order chi connectivity index (χ1) is 17.5. The molecule has 1 unspecified atom stereocenters. The Morgan fingerprint density at radius 3 is 2.43 bits per heavy atom. The summed E-state index contributed by atoms with van der Waals surface area (Å²) in [6.07, 6.45) is -3.92. The molecule has 37 heavy (non-hydrogen) atoms. The van der Waals surface area contributed by atoms with Crippen LogP contribution in [0.5, 0.6) is 5.88 Å². The Hall–Kier alpha value is -4.45.